The molecule has 2 fully saturated rings. The Bertz CT molecular complexity index is 916. The zero-order valence-corrected chi connectivity index (χ0v) is 17.1. The number of anilines is 1. The zero-order chi connectivity index (χ0) is 20.4. The molecule has 7 heteroatoms. The number of esters is 1. The smallest absolute Gasteiger partial charge is 0.310 e. The lowest BCUT2D eigenvalue weighted by Crippen LogP contribution is -2.50. The van der Waals surface area contributed by atoms with Crippen molar-refractivity contribution >= 4 is 28.7 Å². The maximum Gasteiger partial charge on any atom is 0.310 e. The molecule has 0 unspecified atom stereocenters. The molecule has 0 saturated carbocycles. The van der Waals surface area contributed by atoms with Crippen LogP contribution in [0.4, 0.5) is 5.95 Å². The molecule has 3 heterocycles. The van der Waals surface area contributed by atoms with Crippen molar-refractivity contribution in [1.82, 2.24) is 14.9 Å². The molecule has 4 rings (SSSR count). The largest absolute Gasteiger partial charge is 0.466 e. The number of piperidine rings is 1. The van der Waals surface area contributed by atoms with Gasteiger partial charge in [0.25, 0.3) is 0 Å². The van der Waals surface area contributed by atoms with Crippen LogP contribution in [-0.2, 0) is 14.3 Å². The van der Waals surface area contributed by atoms with Crippen LogP contribution in [0.25, 0.3) is 10.9 Å². The Labute approximate surface area is 171 Å². The number of carbonyl (C=O) groups excluding carboxylic acids is 2. The molecule has 2 atom stereocenters. The summed E-state index contributed by atoms with van der Waals surface area (Å²) in [6.45, 7) is 6.07. The Morgan fingerprint density at radius 3 is 2.76 bits per heavy atom. The molecule has 0 spiro atoms. The van der Waals surface area contributed by atoms with E-state index in [0.717, 1.165) is 48.8 Å². The Hall–Kier alpha value is -2.70. The van der Waals surface area contributed by atoms with Gasteiger partial charge in [-0.1, -0.05) is 18.2 Å². The first-order valence-electron chi connectivity index (χ1n) is 10.5. The number of hydrogen-bond donors (Lipinski definition) is 0. The van der Waals surface area contributed by atoms with Gasteiger partial charge in [0.2, 0.25) is 11.9 Å². The minimum atomic E-state index is -0.267. The van der Waals surface area contributed by atoms with Crippen molar-refractivity contribution in [3.8, 4) is 0 Å². The van der Waals surface area contributed by atoms with Crippen LogP contribution in [0.2, 0.25) is 0 Å². The van der Waals surface area contributed by atoms with E-state index in [2.05, 4.69) is 0 Å². The number of carbonyl (C=O) groups is 2. The van der Waals surface area contributed by atoms with Crippen LogP contribution in [0, 0.1) is 12.8 Å². The predicted molar refractivity (Wildman–Crippen MR) is 111 cm³/mol. The Kier molecular flexibility index (Phi) is 5.65. The molecular weight excluding hydrogens is 368 g/mol. The summed E-state index contributed by atoms with van der Waals surface area (Å²) < 4.78 is 5.17. The average Bonchev–Trinajstić information content (AvgIpc) is 3.23. The number of aromatic nitrogens is 2. The number of hydrogen-bond acceptors (Lipinski definition) is 6. The maximum atomic E-state index is 13.3. The highest BCUT2D eigenvalue weighted by Crippen LogP contribution is 2.28. The lowest BCUT2D eigenvalue weighted by atomic mass is 9.97. The molecule has 1 aromatic heterocycles. The third kappa shape index (κ3) is 3.91. The lowest BCUT2D eigenvalue weighted by Gasteiger charge is -2.35. The highest BCUT2D eigenvalue weighted by molar-refractivity contribution is 5.87. The van der Waals surface area contributed by atoms with E-state index >= 15 is 0 Å². The molecule has 2 saturated heterocycles. The number of amides is 1. The lowest BCUT2D eigenvalue weighted by molar-refractivity contribution is -0.151. The van der Waals surface area contributed by atoms with Crippen LogP contribution in [0.15, 0.2) is 24.3 Å². The van der Waals surface area contributed by atoms with Crippen LogP contribution >= 0.6 is 0 Å². The second kappa shape index (κ2) is 8.35. The van der Waals surface area contributed by atoms with Crippen molar-refractivity contribution in [2.24, 2.45) is 5.92 Å². The SMILES string of the molecule is CCOC(=O)[C@@H]1CCCN(C(=O)[C@H]2CCCN2c2nc(C)c3ccccc3n2)C1. The molecule has 1 aromatic carbocycles. The van der Waals surface area contributed by atoms with E-state index in [1.54, 1.807) is 0 Å². The van der Waals surface area contributed by atoms with Gasteiger partial charge in [-0.25, -0.2) is 9.97 Å². The highest BCUT2D eigenvalue weighted by atomic mass is 16.5. The van der Waals surface area contributed by atoms with E-state index in [9.17, 15) is 9.59 Å². The van der Waals surface area contributed by atoms with Gasteiger partial charge in [-0.3, -0.25) is 9.59 Å². The number of benzene rings is 1. The first-order valence-corrected chi connectivity index (χ1v) is 10.5. The quantitative estimate of drug-likeness (QED) is 0.740. The molecule has 0 N–H and O–H groups in total. The molecule has 2 aliphatic heterocycles. The molecule has 7 nitrogen and oxygen atoms in total. The topological polar surface area (TPSA) is 75.6 Å². The van der Waals surface area contributed by atoms with Crippen molar-refractivity contribution in [2.75, 3.05) is 31.1 Å². The van der Waals surface area contributed by atoms with Gasteiger partial charge < -0.3 is 14.5 Å². The van der Waals surface area contributed by atoms with E-state index in [1.807, 2.05) is 47.9 Å². The second-order valence-corrected chi connectivity index (χ2v) is 7.85. The minimum Gasteiger partial charge on any atom is -0.466 e. The molecule has 0 bridgehead atoms. The summed E-state index contributed by atoms with van der Waals surface area (Å²) in [4.78, 5) is 38.8. The third-order valence-corrected chi connectivity index (χ3v) is 5.93. The highest BCUT2D eigenvalue weighted by Gasteiger charge is 2.38. The van der Waals surface area contributed by atoms with Crippen molar-refractivity contribution in [3.05, 3.63) is 30.0 Å². The Morgan fingerprint density at radius 2 is 1.93 bits per heavy atom. The summed E-state index contributed by atoms with van der Waals surface area (Å²) in [5.74, 6) is 0.283. The van der Waals surface area contributed by atoms with Crippen LogP contribution in [0.5, 0.6) is 0 Å². The number of para-hydroxylation sites is 1. The molecular formula is C22H28N4O3. The van der Waals surface area contributed by atoms with Gasteiger partial charge >= 0.3 is 5.97 Å². The van der Waals surface area contributed by atoms with Crippen molar-refractivity contribution in [3.63, 3.8) is 0 Å². The number of aryl methyl sites for hydroxylation is 1. The van der Waals surface area contributed by atoms with Gasteiger partial charge in [-0.15, -0.1) is 0 Å². The molecule has 0 radical (unpaired) electrons. The number of fused-ring (bicyclic) bond motifs is 1. The number of rotatable bonds is 4. The zero-order valence-electron chi connectivity index (χ0n) is 17.1. The van der Waals surface area contributed by atoms with Gasteiger partial charge in [-0.2, -0.15) is 0 Å². The monoisotopic (exact) mass is 396 g/mol. The van der Waals surface area contributed by atoms with E-state index in [0.29, 0.717) is 25.6 Å². The first-order chi connectivity index (χ1) is 14.1. The fourth-order valence-electron chi connectivity index (χ4n) is 4.45. The number of nitrogens with zero attached hydrogens (tertiary/aromatic N) is 4. The van der Waals surface area contributed by atoms with Crippen LogP contribution in [0.3, 0.4) is 0 Å². The van der Waals surface area contributed by atoms with Gasteiger partial charge in [0, 0.05) is 25.0 Å². The summed E-state index contributed by atoms with van der Waals surface area (Å²) in [6.07, 6.45) is 3.33. The van der Waals surface area contributed by atoms with Gasteiger partial charge in [0.1, 0.15) is 6.04 Å². The molecule has 2 aromatic rings. The molecule has 29 heavy (non-hydrogen) atoms. The van der Waals surface area contributed by atoms with E-state index in [4.69, 9.17) is 14.7 Å². The van der Waals surface area contributed by atoms with E-state index in [1.165, 1.54) is 0 Å². The van der Waals surface area contributed by atoms with Crippen LogP contribution in [-0.4, -0.2) is 59.0 Å². The summed E-state index contributed by atoms with van der Waals surface area (Å²) in [6, 6.07) is 7.68. The van der Waals surface area contributed by atoms with Crippen LogP contribution in [0.1, 0.15) is 38.3 Å². The van der Waals surface area contributed by atoms with Gasteiger partial charge in [-0.05, 0) is 45.6 Å². The Morgan fingerprint density at radius 1 is 1.14 bits per heavy atom. The molecule has 0 aliphatic carbocycles. The molecule has 1 amide bonds. The molecule has 154 valence electrons. The summed E-state index contributed by atoms with van der Waals surface area (Å²) in [5, 5.41) is 1.03. The second-order valence-electron chi connectivity index (χ2n) is 7.85. The first kappa shape index (κ1) is 19.6. The number of likely N-dealkylation sites (tertiary alicyclic amines) is 1. The standard InChI is InChI=1S/C22H28N4O3/c1-3-29-21(28)16-8-6-12-25(14-16)20(27)19-11-7-13-26(19)22-23-15(2)17-9-4-5-10-18(17)24-22/h4-5,9-10,16,19H,3,6-8,11-14H2,1-2H3/t16-,19-/m1/s1. The normalized spacial score (nSPS) is 22.1. The van der Waals surface area contributed by atoms with Crippen molar-refractivity contribution in [1.29, 1.82) is 0 Å². The average molecular weight is 396 g/mol. The van der Waals surface area contributed by atoms with Gasteiger partial charge in [0.05, 0.1) is 23.7 Å². The van der Waals surface area contributed by atoms with Crippen molar-refractivity contribution < 1.29 is 14.3 Å². The maximum absolute atomic E-state index is 13.3. The third-order valence-electron chi connectivity index (χ3n) is 5.93. The van der Waals surface area contributed by atoms with Gasteiger partial charge in [0.15, 0.2) is 0 Å². The fourth-order valence-corrected chi connectivity index (χ4v) is 4.45. The van der Waals surface area contributed by atoms with E-state index < -0.39 is 0 Å². The minimum absolute atomic E-state index is 0.0749. The van der Waals surface area contributed by atoms with E-state index in [-0.39, 0.29) is 23.8 Å². The number of ether oxygens (including phenoxy) is 1. The fraction of sp³-hybridized carbons (Fsp3) is 0.545. The summed E-state index contributed by atoms with van der Waals surface area (Å²) >= 11 is 0. The van der Waals surface area contributed by atoms with Crippen LogP contribution < -0.4 is 4.90 Å². The molecule has 2 aliphatic rings. The van der Waals surface area contributed by atoms with Crippen molar-refractivity contribution in [2.45, 2.75) is 45.6 Å². The predicted octanol–water partition coefficient (Wildman–Crippen LogP) is 2.71. The summed E-state index contributed by atoms with van der Waals surface area (Å²) in [5.41, 5.74) is 1.82. The summed E-state index contributed by atoms with van der Waals surface area (Å²) in [7, 11) is 0. The Balaban J connectivity index is 1.54.